The summed E-state index contributed by atoms with van der Waals surface area (Å²) in [6.07, 6.45) is 3.11. The topological polar surface area (TPSA) is 72.1 Å². The first-order chi connectivity index (χ1) is 10.2. The highest BCUT2D eigenvalue weighted by atomic mass is 32.2. The molecular weight excluding hydrogens is 284 g/mol. The summed E-state index contributed by atoms with van der Waals surface area (Å²) >= 11 is 1.32. The maximum atomic E-state index is 12.3. The number of amides is 1. The van der Waals surface area contributed by atoms with Crippen LogP contribution >= 0.6 is 11.8 Å². The third-order valence-electron chi connectivity index (χ3n) is 2.97. The minimum Gasteiger partial charge on any atom is -0.381 e. The monoisotopic (exact) mass is 302 g/mol. The van der Waals surface area contributed by atoms with E-state index < -0.39 is 0 Å². The van der Waals surface area contributed by atoms with Crippen molar-refractivity contribution in [1.29, 1.82) is 0 Å². The first-order valence-corrected chi connectivity index (χ1v) is 7.70. The molecule has 0 spiro atoms. The molecule has 0 unspecified atom stereocenters. The molecule has 0 aliphatic rings. The van der Waals surface area contributed by atoms with Crippen LogP contribution in [0.25, 0.3) is 0 Å². The molecular formula is C15H18N4OS. The number of benzene rings is 1. The highest BCUT2D eigenvalue weighted by Gasteiger charge is 2.14. The number of nitrogen functional groups attached to an aromatic ring is 1. The first-order valence-electron chi connectivity index (χ1n) is 6.71. The van der Waals surface area contributed by atoms with Gasteiger partial charge in [0, 0.05) is 25.5 Å². The summed E-state index contributed by atoms with van der Waals surface area (Å²) in [4.78, 5) is 22.2. The van der Waals surface area contributed by atoms with Crippen LogP contribution in [0.3, 0.4) is 0 Å². The highest BCUT2D eigenvalue weighted by molar-refractivity contribution is 8.00. The molecule has 0 bridgehead atoms. The number of rotatable bonds is 6. The van der Waals surface area contributed by atoms with Gasteiger partial charge < -0.3 is 10.6 Å². The van der Waals surface area contributed by atoms with Gasteiger partial charge in [0.25, 0.3) is 0 Å². The van der Waals surface area contributed by atoms with E-state index >= 15 is 0 Å². The molecule has 0 radical (unpaired) electrons. The minimum atomic E-state index is 0.0661. The van der Waals surface area contributed by atoms with Crippen LogP contribution in [0.4, 0.5) is 5.82 Å². The Balaban J connectivity index is 1.93. The maximum absolute atomic E-state index is 12.3. The van der Waals surface area contributed by atoms with E-state index in [1.165, 1.54) is 18.0 Å². The zero-order valence-corrected chi connectivity index (χ0v) is 12.7. The standard InChI is InChI=1S/C15H18N4OS/c1-2-19(10-12-6-4-3-5-7-12)13(20)11-21-15-14(16)17-8-9-18-15/h3-9H,2,10-11H2,1H3,(H2,16,17). The molecule has 1 aromatic carbocycles. The van der Waals surface area contributed by atoms with Gasteiger partial charge in [-0.25, -0.2) is 9.97 Å². The SMILES string of the molecule is CCN(Cc1ccccc1)C(=O)CSc1nccnc1N. The van der Waals surface area contributed by atoms with Crippen LogP contribution in [0.5, 0.6) is 0 Å². The summed E-state index contributed by atoms with van der Waals surface area (Å²) < 4.78 is 0. The number of thioether (sulfide) groups is 1. The molecule has 1 amide bonds. The Morgan fingerprint density at radius 1 is 1.24 bits per heavy atom. The van der Waals surface area contributed by atoms with E-state index in [-0.39, 0.29) is 5.91 Å². The van der Waals surface area contributed by atoms with Crippen LogP contribution in [0.1, 0.15) is 12.5 Å². The van der Waals surface area contributed by atoms with E-state index in [0.717, 1.165) is 5.56 Å². The predicted molar refractivity (Wildman–Crippen MR) is 84.7 cm³/mol. The lowest BCUT2D eigenvalue weighted by molar-refractivity contribution is -0.128. The summed E-state index contributed by atoms with van der Waals surface area (Å²) in [5.41, 5.74) is 6.84. The van der Waals surface area contributed by atoms with Crippen molar-refractivity contribution >= 4 is 23.5 Å². The number of nitrogens with zero attached hydrogens (tertiary/aromatic N) is 3. The maximum Gasteiger partial charge on any atom is 0.233 e. The van der Waals surface area contributed by atoms with Crippen molar-refractivity contribution in [2.45, 2.75) is 18.5 Å². The van der Waals surface area contributed by atoms with Crippen LogP contribution in [-0.4, -0.2) is 33.1 Å². The van der Waals surface area contributed by atoms with Crippen molar-refractivity contribution in [3.8, 4) is 0 Å². The largest absolute Gasteiger partial charge is 0.381 e. The van der Waals surface area contributed by atoms with Gasteiger partial charge in [-0.15, -0.1) is 0 Å². The molecule has 0 atom stereocenters. The van der Waals surface area contributed by atoms with Gasteiger partial charge >= 0.3 is 0 Å². The number of carbonyl (C=O) groups excluding carboxylic acids is 1. The molecule has 6 heteroatoms. The molecule has 1 aromatic heterocycles. The summed E-state index contributed by atoms with van der Waals surface area (Å²) in [6.45, 7) is 3.26. The molecule has 0 saturated carbocycles. The van der Waals surface area contributed by atoms with Gasteiger partial charge in [-0.05, 0) is 12.5 Å². The van der Waals surface area contributed by atoms with Crippen LogP contribution in [0.15, 0.2) is 47.8 Å². The number of anilines is 1. The Labute approximate surface area is 128 Å². The van der Waals surface area contributed by atoms with Crippen LogP contribution < -0.4 is 5.73 Å². The molecule has 0 saturated heterocycles. The molecule has 110 valence electrons. The number of hydrogen-bond acceptors (Lipinski definition) is 5. The van der Waals surface area contributed by atoms with Crippen molar-refractivity contribution in [3.05, 3.63) is 48.3 Å². The van der Waals surface area contributed by atoms with Crippen LogP contribution in [-0.2, 0) is 11.3 Å². The van der Waals surface area contributed by atoms with Gasteiger partial charge in [-0.1, -0.05) is 42.1 Å². The second-order valence-corrected chi connectivity index (χ2v) is 5.39. The Hall–Kier alpha value is -2.08. The van der Waals surface area contributed by atoms with Gasteiger partial charge in [0.05, 0.1) is 5.75 Å². The Morgan fingerprint density at radius 2 is 1.95 bits per heavy atom. The third-order valence-corrected chi connectivity index (χ3v) is 3.95. The number of hydrogen-bond donors (Lipinski definition) is 1. The summed E-state index contributed by atoms with van der Waals surface area (Å²) in [5, 5.41) is 0.599. The van der Waals surface area contributed by atoms with E-state index in [9.17, 15) is 4.79 Å². The van der Waals surface area contributed by atoms with Gasteiger partial charge in [-0.3, -0.25) is 4.79 Å². The molecule has 2 N–H and O–H groups in total. The van der Waals surface area contributed by atoms with Crippen molar-refractivity contribution < 1.29 is 4.79 Å². The lowest BCUT2D eigenvalue weighted by Crippen LogP contribution is -2.31. The average Bonchev–Trinajstić information content (AvgIpc) is 2.52. The second kappa shape index (κ2) is 7.64. The molecule has 0 aliphatic carbocycles. The number of aromatic nitrogens is 2. The Bertz CT molecular complexity index is 591. The smallest absolute Gasteiger partial charge is 0.233 e. The first kappa shape index (κ1) is 15.3. The predicted octanol–water partition coefficient (Wildman–Crippen LogP) is 2.20. The van der Waals surface area contributed by atoms with Gasteiger partial charge in [0.15, 0.2) is 5.82 Å². The fourth-order valence-electron chi connectivity index (χ4n) is 1.85. The summed E-state index contributed by atoms with van der Waals surface area (Å²) in [7, 11) is 0. The third kappa shape index (κ3) is 4.46. The van der Waals surface area contributed by atoms with Crippen molar-refractivity contribution in [2.75, 3.05) is 18.0 Å². The lowest BCUT2D eigenvalue weighted by Gasteiger charge is -2.20. The van der Waals surface area contributed by atoms with E-state index in [4.69, 9.17) is 5.73 Å². The fourth-order valence-corrected chi connectivity index (χ4v) is 2.63. The molecule has 2 aromatic rings. The zero-order chi connectivity index (χ0) is 15.1. The molecule has 2 rings (SSSR count). The normalized spacial score (nSPS) is 10.3. The van der Waals surface area contributed by atoms with E-state index in [2.05, 4.69) is 9.97 Å². The second-order valence-electron chi connectivity index (χ2n) is 4.43. The van der Waals surface area contributed by atoms with Crippen molar-refractivity contribution in [3.63, 3.8) is 0 Å². The van der Waals surface area contributed by atoms with Crippen molar-refractivity contribution in [2.24, 2.45) is 0 Å². The quantitative estimate of drug-likeness (QED) is 0.828. The Morgan fingerprint density at radius 3 is 2.62 bits per heavy atom. The van der Waals surface area contributed by atoms with Crippen LogP contribution in [0, 0.1) is 0 Å². The Kier molecular flexibility index (Phi) is 5.57. The van der Waals surface area contributed by atoms with Gasteiger partial charge in [0.1, 0.15) is 5.03 Å². The summed E-state index contributed by atoms with van der Waals surface area (Å²) in [5.74, 6) is 0.738. The van der Waals surface area contributed by atoms with Gasteiger partial charge in [-0.2, -0.15) is 0 Å². The average molecular weight is 302 g/mol. The lowest BCUT2D eigenvalue weighted by atomic mass is 10.2. The number of nitrogens with two attached hydrogens (primary N) is 1. The van der Waals surface area contributed by atoms with E-state index in [0.29, 0.717) is 29.7 Å². The summed E-state index contributed by atoms with van der Waals surface area (Å²) in [6, 6.07) is 9.95. The number of carbonyl (C=O) groups is 1. The molecule has 0 fully saturated rings. The van der Waals surface area contributed by atoms with E-state index in [1.54, 1.807) is 6.20 Å². The van der Waals surface area contributed by atoms with Crippen molar-refractivity contribution in [1.82, 2.24) is 14.9 Å². The zero-order valence-electron chi connectivity index (χ0n) is 11.9. The van der Waals surface area contributed by atoms with Crippen LogP contribution in [0.2, 0.25) is 0 Å². The highest BCUT2D eigenvalue weighted by Crippen LogP contribution is 2.20. The fraction of sp³-hybridized carbons (Fsp3) is 0.267. The molecule has 0 aliphatic heterocycles. The molecule has 21 heavy (non-hydrogen) atoms. The minimum absolute atomic E-state index is 0.0661. The van der Waals surface area contributed by atoms with Gasteiger partial charge in [0.2, 0.25) is 5.91 Å². The van der Waals surface area contributed by atoms with E-state index in [1.807, 2.05) is 42.2 Å². The molecule has 5 nitrogen and oxygen atoms in total. The molecule has 1 heterocycles.